The second kappa shape index (κ2) is 9.17. The number of hydrogen-bond acceptors (Lipinski definition) is 4. The van der Waals surface area contributed by atoms with Crippen LogP contribution in [0.25, 0.3) is 0 Å². The molecule has 0 unspecified atom stereocenters. The van der Waals surface area contributed by atoms with Crippen molar-refractivity contribution < 1.29 is 13.6 Å². The fourth-order valence-corrected chi connectivity index (χ4v) is 3.30. The Labute approximate surface area is 99.8 Å². The number of nitrogens with zero attached hydrogens (tertiary/aromatic N) is 1. The van der Waals surface area contributed by atoms with Crippen LogP contribution in [0.15, 0.2) is 0 Å². The van der Waals surface area contributed by atoms with E-state index in [9.17, 15) is 4.57 Å². The Morgan fingerprint density at radius 2 is 1.38 bits per heavy atom. The maximum Gasteiger partial charge on any atom is 0.344 e. The van der Waals surface area contributed by atoms with Gasteiger partial charge in [-0.25, -0.2) is 0 Å². The molecule has 0 fully saturated rings. The SMILES string of the molecule is CCCOP(=O)(CN(CC)CC)OCCC. The smallest absolute Gasteiger partial charge is 0.308 e. The quantitative estimate of drug-likeness (QED) is 0.558. The van der Waals surface area contributed by atoms with Crippen LogP contribution in [-0.4, -0.2) is 37.5 Å². The van der Waals surface area contributed by atoms with E-state index in [-0.39, 0.29) is 0 Å². The van der Waals surface area contributed by atoms with E-state index in [0.717, 1.165) is 25.9 Å². The van der Waals surface area contributed by atoms with Crippen LogP contribution in [0.5, 0.6) is 0 Å². The first-order valence-corrected chi connectivity index (χ1v) is 7.95. The summed E-state index contributed by atoms with van der Waals surface area (Å²) >= 11 is 0. The summed E-state index contributed by atoms with van der Waals surface area (Å²) in [6.07, 6.45) is 2.12. The summed E-state index contributed by atoms with van der Waals surface area (Å²) < 4.78 is 23.2. The van der Waals surface area contributed by atoms with Crippen molar-refractivity contribution in [1.82, 2.24) is 4.90 Å². The first-order valence-electron chi connectivity index (χ1n) is 6.22. The summed E-state index contributed by atoms with van der Waals surface area (Å²) in [5, 5.41) is 0. The van der Waals surface area contributed by atoms with Crippen molar-refractivity contribution in [3.05, 3.63) is 0 Å². The van der Waals surface area contributed by atoms with Crippen molar-refractivity contribution in [1.29, 1.82) is 0 Å². The van der Waals surface area contributed by atoms with Crippen molar-refractivity contribution in [2.75, 3.05) is 32.6 Å². The van der Waals surface area contributed by atoms with Crippen molar-refractivity contribution >= 4 is 7.60 Å². The molecule has 0 heterocycles. The molecule has 0 aliphatic carbocycles. The van der Waals surface area contributed by atoms with E-state index in [4.69, 9.17) is 9.05 Å². The van der Waals surface area contributed by atoms with Gasteiger partial charge in [0.25, 0.3) is 0 Å². The van der Waals surface area contributed by atoms with Gasteiger partial charge in [-0.05, 0) is 25.9 Å². The average Bonchev–Trinajstić information content (AvgIpc) is 2.31. The molecule has 0 atom stereocenters. The Balaban J connectivity index is 4.32. The van der Waals surface area contributed by atoms with E-state index in [1.54, 1.807) is 0 Å². The molecule has 0 saturated heterocycles. The van der Waals surface area contributed by atoms with E-state index in [1.165, 1.54) is 0 Å². The van der Waals surface area contributed by atoms with E-state index < -0.39 is 7.60 Å². The van der Waals surface area contributed by atoms with Gasteiger partial charge in [0.15, 0.2) is 0 Å². The highest BCUT2D eigenvalue weighted by atomic mass is 31.2. The van der Waals surface area contributed by atoms with Crippen molar-refractivity contribution in [2.24, 2.45) is 0 Å². The molecule has 0 spiro atoms. The van der Waals surface area contributed by atoms with Crippen molar-refractivity contribution in [3.8, 4) is 0 Å². The number of hydrogen-bond donors (Lipinski definition) is 0. The summed E-state index contributed by atoms with van der Waals surface area (Å²) in [5.41, 5.74) is 0. The molecule has 0 aliphatic heterocycles. The molecule has 0 amide bonds. The van der Waals surface area contributed by atoms with Crippen LogP contribution in [0.4, 0.5) is 0 Å². The highest BCUT2D eigenvalue weighted by Gasteiger charge is 2.26. The molecule has 0 radical (unpaired) electrons. The van der Waals surface area contributed by atoms with Crippen LogP contribution < -0.4 is 0 Å². The van der Waals surface area contributed by atoms with Crippen molar-refractivity contribution in [2.45, 2.75) is 40.5 Å². The Bertz CT molecular complexity index is 195. The van der Waals surface area contributed by atoms with Gasteiger partial charge in [-0.1, -0.05) is 27.7 Å². The predicted molar refractivity (Wildman–Crippen MR) is 67.9 cm³/mol. The van der Waals surface area contributed by atoms with Gasteiger partial charge in [0.05, 0.1) is 13.2 Å². The minimum atomic E-state index is -2.92. The Morgan fingerprint density at radius 3 is 1.69 bits per heavy atom. The van der Waals surface area contributed by atoms with Crippen LogP contribution in [0.2, 0.25) is 0 Å². The summed E-state index contributed by atoms with van der Waals surface area (Å²) in [6, 6.07) is 0. The van der Waals surface area contributed by atoms with E-state index in [1.807, 2.05) is 27.7 Å². The largest absolute Gasteiger partial charge is 0.344 e. The standard InChI is InChI=1S/C11H26NO3P/c1-5-9-14-16(13,15-10-6-2)11-12(7-3)8-4/h5-11H2,1-4H3. The summed E-state index contributed by atoms with van der Waals surface area (Å²) in [7, 11) is -2.92. The van der Waals surface area contributed by atoms with Crippen LogP contribution >= 0.6 is 7.60 Å². The number of rotatable bonds is 10. The second-order valence-corrected chi connectivity index (χ2v) is 5.74. The highest BCUT2D eigenvalue weighted by Crippen LogP contribution is 2.48. The fraction of sp³-hybridized carbons (Fsp3) is 1.00. The maximum atomic E-state index is 12.4. The van der Waals surface area contributed by atoms with E-state index >= 15 is 0 Å². The normalized spacial score (nSPS) is 12.3. The molecule has 16 heavy (non-hydrogen) atoms. The molecule has 0 aromatic rings. The van der Waals surface area contributed by atoms with Gasteiger partial charge in [-0.15, -0.1) is 0 Å². The zero-order valence-electron chi connectivity index (χ0n) is 11.1. The summed E-state index contributed by atoms with van der Waals surface area (Å²) in [4.78, 5) is 2.08. The van der Waals surface area contributed by atoms with Crippen LogP contribution in [0.3, 0.4) is 0 Å². The van der Waals surface area contributed by atoms with Gasteiger partial charge in [-0.3, -0.25) is 9.46 Å². The predicted octanol–water partition coefficient (Wildman–Crippen LogP) is 3.33. The van der Waals surface area contributed by atoms with Gasteiger partial charge >= 0.3 is 7.60 Å². The minimum absolute atomic E-state index is 0.403. The monoisotopic (exact) mass is 251 g/mol. The topological polar surface area (TPSA) is 38.8 Å². The molecule has 0 aliphatic rings. The second-order valence-electron chi connectivity index (χ2n) is 3.72. The lowest BCUT2D eigenvalue weighted by Crippen LogP contribution is -2.25. The lowest BCUT2D eigenvalue weighted by Gasteiger charge is -2.25. The fourth-order valence-electron chi connectivity index (χ4n) is 1.25. The van der Waals surface area contributed by atoms with Crippen LogP contribution in [-0.2, 0) is 13.6 Å². The maximum absolute atomic E-state index is 12.4. The molecule has 0 bridgehead atoms. The van der Waals surface area contributed by atoms with Gasteiger partial charge in [-0.2, -0.15) is 0 Å². The van der Waals surface area contributed by atoms with Crippen LogP contribution in [0.1, 0.15) is 40.5 Å². The highest BCUT2D eigenvalue weighted by molar-refractivity contribution is 7.53. The van der Waals surface area contributed by atoms with E-state index in [0.29, 0.717) is 19.5 Å². The lowest BCUT2D eigenvalue weighted by atomic mass is 10.5. The van der Waals surface area contributed by atoms with Gasteiger partial charge < -0.3 is 9.05 Å². The summed E-state index contributed by atoms with van der Waals surface area (Å²) in [5.74, 6) is 0. The zero-order valence-corrected chi connectivity index (χ0v) is 12.0. The first-order chi connectivity index (χ1) is 7.61. The molecule has 98 valence electrons. The molecule has 4 nitrogen and oxygen atoms in total. The third kappa shape index (κ3) is 6.64. The van der Waals surface area contributed by atoms with Crippen LogP contribution in [0, 0.1) is 0 Å². The first kappa shape index (κ1) is 16.1. The third-order valence-corrected chi connectivity index (χ3v) is 4.15. The molecular weight excluding hydrogens is 225 g/mol. The molecular formula is C11H26NO3P. The third-order valence-electron chi connectivity index (χ3n) is 2.25. The van der Waals surface area contributed by atoms with Gasteiger partial charge in [0.2, 0.25) is 0 Å². The molecule has 0 saturated carbocycles. The Hall–Kier alpha value is 0.110. The Kier molecular flexibility index (Phi) is 9.24. The minimum Gasteiger partial charge on any atom is -0.308 e. The van der Waals surface area contributed by atoms with Gasteiger partial charge in [0, 0.05) is 0 Å². The Morgan fingerprint density at radius 1 is 0.938 bits per heavy atom. The molecule has 0 aromatic heterocycles. The zero-order chi connectivity index (χ0) is 12.4. The molecule has 5 heteroatoms. The van der Waals surface area contributed by atoms with E-state index in [2.05, 4.69) is 4.90 Å². The van der Waals surface area contributed by atoms with Crippen molar-refractivity contribution in [3.63, 3.8) is 0 Å². The average molecular weight is 251 g/mol. The molecule has 0 N–H and O–H groups in total. The molecule has 0 rings (SSSR count). The lowest BCUT2D eigenvalue weighted by molar-refractivity contribution is 0.186. The summed E-state index contributed by atoms with van der Waals surface area (Å²) in [6.45, 7) is 10.8. The molecule has 0 aromatic carbocycles. The van der Waals surface area contributed by atoms with Gasteiger partial charge in [0.1, 0.15) is 6.29 Å².